The lowest BCUT2D eigenvalue weighted by molar-refractivity contribution is 0.0693. The molecular formula is C26H24FN3O3. The molecule has 1 unspecified atom stereocenters. The van der Waals surface area contributed by atoms with Gasteiger partial charge in [0.15, 0.2) is 0 Å². The second kappa shape index (κ2) is 9.24. The van der Waals surface area contributed by atoms with Crippen LogP contribution in [0.2, 0.25) is 0 Å². The van der Waals surface area contributed by atoms with Crippen molar-refractivity contribution < 1.29 is 13.9 Å². The molecule has 4 aromatic rings. The zero-order valence-electron chi connectivity index (χ0n) is 18.7. The Morgan fingerprint density at radius 2 is 1.73 bits per heavy atom. The molecule has 4 rings (SSSR count). The number of fused-ring (bicyclic) bond motifs is 1. The highest BCUT2D eigenvalue weighted by Crippen LogP contribution is 2.25. The van der Waals surface area contributed by atoms with Crippen LogP contribution in [0.5, 0.6) is 5.75 Å². The summed E-state index contributed by atoms with van der Waals surface area (Å²) >= 11 is 0. The molecule has 168 valence electrons. The topological polar surface area (TPSA) is 64.4 Å². The van der Waals surface area contributed by atoms with Crippen molar-refractivity contribution in [1.29, 1.82) is 0 Å². The Hall–Kier alpha value is -4.00. The number of nitrogens with zero attached hydrogens (tertiary/aromatic N) is 3. The predicted octanol–water partition coefficient (Wildman–Crippen LogP) is 4.76. The molecule has 1 atom stereocenters. The zero-order chi connectivity index (χ0) is 23.5. The number of ether oxygens (including phenoxy) is 1. The van der Waals surface area contributed by atoms with Gasteiger partial charge in [0, 0.05) is 12.1 Å². The second-order valence-electron chi connectivity index (χ2n) is 7.60. The average Bonchev–Trinajstić information content (AvgIpc) is 2.85. The molecule has 7 heteroatoms. The normalized spacial score (nSPS) is 11.9. The molecule has 1 amide bonds. The first kappa shape index (κ1) is 22.2. The van der Waals surface area contributed by atoms with Crippen LogP contribution in [0.1, 0.15) is 36.1 Å². The number of para-hydroxylation sites is 1. The summed E-state index contributed by atoms with van der Waals surface area (Å²) in [7, 11) is 1.57. The summed E-state index contributed by atoms with van der Waals surface area (Å²) in [6.45, 7) is 4.11. The van der Waals surface area contributed by atoms with E-state index in [2.05, 4.69) is 0 Å². The highest BCUT2D eigenvalue weighted by molar-refractivity contribution is 5.94. The minimum atomic E-state index is -0.535. The van der Waals surface area contributed by atoms with Crippen molar-refractivity contribution >= 4 is 16.8 Å². The van der Waals surface area contributed by atoms with Crippen molar-refractivity contribution in [3.63, 3.8) is 0 Å². The van der Waals surface area contributed by atoms with E-state index in [1.807, 2.05) is 19.9 Å². The maximum Gasteiger partial charge on any atom is 0.266 e. The average molecular weight is 445 g/mol. The number of hydrogen-bond donors (Lipinski definition) is 0. The van der Waals surface area contributed by atoms with Gasteiger partial charge >= 0.3 is 0 Å². The van der Waals surface area contributed by atoms with Crippen LogP contribution >= 0.6 is 0 Å². The SMILES string of the molecule is CCN(C(=O)c1ccc(OC)cc1)C(C)c1nc2ccccc2c(=O)n1-c1ccc(F)cc1. The molecule has 1 heterocycles. The quantitative estimate of drug-likeness (QED) is 0.429. The zero-order valence-corrected chi connectivity index (χ0v) is 18.7. The fourth-order valence-electron chi connectivity index (χ4n) is 3.90. The first-order valence-electron chi connectivity index (χ1n) is 10.7. The van der Waals surface area contributed by atoms with Gasteiger partial charge in [0.2, 0.25) is 0 Å². The highest BCUT2D eigenvalue weighted by Gasteiger charge is 2.26. The van der Waals surface area contributed by atoms with Crippen molar-refractivity contribution in [1.82, 2.24) is 14.5 Å². The molecule has 0 spiro atoms. The molecule has 3 aromatic carbocycles. The fraction of sp³-hybridized carbons (Fsp3) is 0.192. The molecule has 0 saturated carbocycles. The van der Waals surface area contributed by atoms with Crippen molar-refractivity contribution in [2.45, 2.75) is 19.9 Å². The standard InChI is InChI=1S/C26H24FN3O3/c1-4-29(25(31)18-9-15-21(33-3)16-10-18)17(2)24-28-23-8-6-5-7-22(23)26(32)30(24)20-13-11-19(27)12-14-20/h5-17H,4H2,1-3H3. The monoisotopic (exact) mass is 445 g/mol. The van der Waals surface area contributed by atoms with E-state index < -0.39 is 11.9 Å². The van der Waals surface area contributed by atoms with Crippen LogP contribution in [0.3, 0.4) is 0 Å². The first-order chi connectivity index (χ1) is 15.9. The molecular weight excluding hydrogens is 421 g/mol. The summed E-state index contributed by atoms with van der Waals surface area (Å²) < 4.78 is 20.2. The lowest BCUT2D eigenvalue weighted by Crippen LogP contribution is -2.37. The number of methoxy groups -OCH3 is 1. The summed E-state index contributed by atoms with van der Waals surface area (Å²) in [5.41, 5.74) is 1.24. The van der Waals surface area contributed by atoms with E-state index in [0.717, 1.165) is 0 Å². The smallest absolute Gasteiger partial charge is 0.266 e. The molecule has 0 aliphatic rings. The van der Waals surface area contributed by atoms with E-state index in [1.54, 1.807) is 54.5 Å². The molecule has 6 nitrogen and oxygen atoms in total. The molecule has 0 N–H and O–H groups in total. The van der Waals surface area contributed by atoms with Crippen molar-refractivity contribution in [3.05, 3.63) is 100 Å². The molecule has 0 bridgehead atoms. The molecule has 1 aromatic heterocycles. The van der Waals surface area contributed by atoms with Crippen LogP contribution in [0, 0.1) is 5.82 Å². The molecule has 0 fully saturated rings. The van der Waals surface area contributed by atoms with Crippen molar-refractivity contribution in [2.24, 2.45) is 0 Å². The summed E-state index contributed by atoms with van der Waals surface area (Å²) in [4.78, 5) is 33.2. The van der Waals surface area contributed by atoms with Gasteiger partial charge in [0.05, 0.1) is 29.7 Å². The Balaban J connectivity index is 1.85. The van der Waals surface area contributed by atoms with Gasteiger partial charge < -0.3 is 9.64 Å². The van der Waals surface area contributed by atoms with E-state index in [1.165, 1.54) is 28.8 Å². The van der Waals surface area contributed by atoms with Crippen molar-refractivity contribution in [3.8, 4) is 11.4 Å². The van der Waals surface area contributed by atoms with Gasteiger partial charge in [0.25, 0.3) is 11.5 Å². The fourth-order valence-corrected chi connectivity index (χ4v) is 3.90. The number of carbonyl (C=O) groups is 1. The van der Waals surface area contributed by atoms with Crippen LogP contribution in [0.4, 0.5) is 4.39 Å². The predicted molar refractivity (Wildman–Crippen MR) is 125 cm³/mol. The molecule has 0 aliphatic heterocycles. The summed E-state index contributed by atoms with van der Waals surface area (Å²) in [5.74, 6) is 0.457. The minimum Gasteiger partial charge on any atom is -0.497 e. The number of benzene rings is 3. The van der Waals surface area contributed by atoms with E-state index in [9.17, 15) is 14.0 Å². The maximum absolute atomic E-state index is 13.6. The van der Waals surface area contributed by atoms with E-state index >= 15 is 0 Å². The van der Waals surface area contributed by atoms with Gasteiger partial charge in [-0.05, 0) is 74.5 Å². The van der Waals surface area contributed by atoms with Crippen LogP contribution in [-0.4, -0.2) is 34.0 Å². The Labute approximate surface area is 190 Å². The number of hydrogen-bond acceptors (Lipinski definition) is 4. The number of carbonyl (C=O) groups excluding carboxylic acids is 1. The second-order valence-corrected chi connectivity index (χ2v) is 7.60. The van der Waals surface area contributed by atoms with E-state index in [0.29, 0.717) is 40.3 Å². The van der Waals surface area contributed by atoms with Crippen molar-refractivity contribution in [2.75, 3.05) is 13.7 Å². The van der Waals surface area contributed by atoms with Gasteiger partial charge in [0.1, 0.15) is 17.4 Å². The molecule has 0 radical (unpaired) electrons. The van der Waals surface area contributed by atoms with E-state index in [4.69, 9.17) is 9.72 Å². The third kappa shape index (κ3) is 4.22. The van der Waals surface area contributed by atoms with Gasteiger partial charge in [-0.3, -0.25) is 14.2 Å². The largest absolute Gasteiger partial charge is 0.497 e. The third-order valence-corrected chi connectivity index (χ3v) is 5.67. The Kier molecular flexibility index (Phi) is 6.22. The van der Waals surface area contributed by atoms with E-state index in [-0.39, 0.29) is 11.5 Å². The lowest BCUT2D eigenvalue weighted by atomic mass is 10.1. The maximum atomic E-state index is 13.6. The summed E-state index contributed by atoms with van der Waals surface area (Å²) in [5, 5.41) is 0.447. The number of halogens is 1. The number of aromatic nitrogens is 2. The van der Waals surface area contributed by atoms with Crippen LogP contribution in [-0.2, 0) is 0 Å². The van der Waals surface area contributed by atoms with Gasteiger partial charge in [-0.1, -0.05) is 12.1 Å². The Morgan fingerprint density at radius 3 is 2.36 bits per heavy atom. The van der Waals surface area contributed by atoms with Gasteiger partial charge in [-0.25, -0.2) is 9.37 Å². The molecule has 0 aliphatic carbocycles. The lowest BCUT2D eigenvalue weighted by Gasteiger charge is -2.29. The molecule has 0 saturated heterocycles. The summed E-state index contributed by atoms with van der Waals surface area (Å²) in [6, 6.07) is 19.1. The van der Waals surface area contributed by atoms with Crippen LogP contribution < -0.4 is 10.3 Å². The molecule has 33 heavy (non-hydrogen) atoms. The Morgan fingerprint density at radius 1 is 1.06 bits per heavy atom. The van der Waals surface area contributed by atoms with Crippen LogP contribution in [0.15, 0.2) is 77.6 Å². The van der Waals surface area contributed by atoms with Gasteiger partial charge in [-0.2, -0.15) is 0 Å². The number of amides is 1. The van der Waals surface area contributed by atoms with Crippen LogP contribution in [0.25, 0.3) is 16.6 Å². The number of rotatable bonds is 6. The minimum absolute atomic E-state index is 0.194. The third-order valence-electron chi connectivity index (χ3n) is 5.67. The summed E-state index contributed by atoms with van der Waals surface area (Å²) in [6.07, 6.45) is 0. The van der Waals surface area contributed by atoms with Gasteiger partial charge in [-0.15, -0.1) is 0 Å². The highest BCUT2D eigenvalue weighted by atomic mass is 19.1. The first-order valence-corrected chi connectivity index (χ1v) is 10.7. The Bertz CT molecular complexity index is 1350.